The molecule has 0 aliphatic heterocycles. The van der Waals surface area contributed by atoms with Gasteiger partial charge in [-0.05, 0) is 45.1 Å². The average Bonchev–Trinajstić information content (AvgIpc) is 2.85. The van der Waals surface area contributed by atoms with Gasteiger partial charge in [0, 0.05) is 12.1 Å². The summed E-state index contributed by atoms with van der Waals surface area (Å²) < 4.78 is 0. The zero-order chi connectivity index (χ0) is 9.26. The van der Waals surface area contributed by atoms with E-state index in [2.05, 4.69) is 11.8 Å². The van der Waals surface area contributed by atoms with Crippen molar-refractivity contribution in [3.05, 3.63) is 0 Å². The molecule has 2 atom stereocenters. The quantitative estimate of drug-likeness (QED) is 0.718. The van der Waals surface area contributed by atoms with Crippen molar-refractivity contribution in [1.82, 2.24) is 4.90 Å². The molecule has 0 amide bonds. The van der Waals surface area contributed by atoms with Gasteiger partial charge in [-0.1, -0.05) is 6.92 Å². The van der Waals surface area contributed by atoms with Crippen LogP contribution < -0.4 is 0 Å². The van der Waals surface area contributed by atoms with E-state index >= 15 is 0 Å². The van der Waals surface area contributed by atoms with E-state index in [0.29, 0.717) is 6.04 Å². The van der Waals surface area contributed by atoms with Crippen molar-refractivity contribution in [1.29, 1.82) is 0 Å². The third-order valence-electron chi connectivity index (χ3n) is 3.34. The molecule has 2 heteroatoms. The summed E-state index contributed by atoms with van der Waals surface area (Å²) in [5.41, 5.74) is 0. The first-order valence-electron chi connectivity index (χ1n) is 5.75. The van der Waals surface area contributed by atoms with Gasteiger partial charge in [0.25, 0.3) is 0 Å². The topological polar surface area (TPSA) is 23.5 Å². The Morgan fingerprint density at radius 2 is 1.85 bits per heavy atom. The summed E-state index contributed by atoms with van der Waals surface area (Å²) in [6.07, 6.45) is 7.30. The van der Waals surface area contributed by atoms with Gasteiger partial charge < -0.3 is 5.11 Å². The molecule has 0 bridgehead atoms. The lowest BCUT2D eigenvalue weighted by Gasteiger charge is -2.28. The Morgan fingerprint density at radius 1 is 1.15 bits per heavy atom. The molecule has 0 aromatic heterocycles. The predicted octanol–water partition coefficient (Wildman–Crippen LogP) is 1.77. The van der Waals surface area contributed by atoms with Gasteiger partial charge in [0.05, 0.1) is 6.10 Å². The molecular weight excluding hydrogens is 162 g/mol. The van der Waals surface area contributed by atoms with Crippen LogP contribution in [0.3, 0.4) is 0 Å². The van der Waals surface area contributed by atoms with Crippen LogP contribution >= 0.6 is 0 Å². The van der Waals surface area contributed by atoms with Crippen molar-refractivity contribution in [3.8, 4) is 0 Å². The molecular formula is C11H21NO. The summed E-state index contributed by atoms with van der Waals surface area (Å²) in [7, 11) is 0. The zero-order valence-electron chi connectivity index (χ0n) is 8.58. The molecule has 2 aliphatic carbocycles. The average molecular weight is 183 g/mol. The number of hydrogen-bond donors (Lipinski definition) is 1. The Bertz CT molecular complexity index is 167. The first-order valence-corrected chi connectivity index (χ1v) is 5.75. The maximum absolute atomic E-state index is 9.49. The normalized spacial score (nSPS) is 34.4. The fraction of sp³-hybridized carbons (Fsp3) is 1.00. The SMILES string of the molecule is CCCN(C1CC1)C1CCC(O)C1. The molecule has 2 nitrogen and oxygen atoms in total. The Labute approximate surface area is 80.9 Å². The number of rotatable bonds is 4. The molecule has 2 fully saturated rings. The van der Waals surface area contributed by atoms with Gasteiger partial charge in [-0.2, -0.15) is 0 Å². The highest BCUT2D eigenvalue weighted by Gasteiger charge is 2.36. The van der Waals surface area contributed by atoms with Gasteiger partial charge in [-0.25, -0.2) is 0 Å². The summed E-state index contributed by atoms with van der Waals surface area (Å²) in [4.78, 5) is 2.65. The summed E-state index contributed by atoms with van der Waals surface area (Å²) in [6.45, 7) is 3.49. The highest BCUT2D eigenvalue weighted by Crippen LogP contribution is 2.34. The molecule has 0 heterocycles. The van der Waals surface area contributed by atoms with E-state index in [0.717, 1.165) is 18.9 Å². The highest BCUT2D eigenvalue weighted by atomic mass is 16.3. The van der Waals surface area contributed by atoms with Gasteiger partial charge in [-0.3, -0.25) is 4.90 Å². The third-order valence-corrected chi connectivity index (χ3v) is 3.34. The maximum atomic E-state index is 9.49. The number of nitrogens with zero attached hydrogens (tertiary/aromatic N) is 1. The summed E-state index contributed by atoms with van der Waals surface area (Å²) in [5.74, 6) is 0. The standard InChI is InChI=1S/C11H21NO/c1-2-7-12(9-3-4-9)10-5-6-11(13)8-10/h9-11,13H,2-8H2,1H3. The van der Waals surface area contributed by atoms with Crippen molar-refractivity contribution in [2.45, 2.75) is 63.6 Å². The summed E-state index contributed by atoms with van der Waals surface area (Å²) >= 11 is 0. The molecule has 0 saturated heterocycles. The van der Waals surface area contributed by atoms with E-state index in [4.69, 9.17) is 0 Å². The molecule has 13 heavy (non-hydrogen) atoms. The minimum absolute atomic E-state index is 0.0110. The second-order valence-electron chi connectivity index (χ2n) is 4.59. The minimum atomic E-state index is -0.0110. The van der Waals surface area contributed by atoms with Gasteiger partial charge in [0.15, 0.2) is 0 Å². The van der Waals surface area contributed by atoms with Crippen LogP contribution in [-0.2, 0) is 0 Å². The van der Waals surface area contributed by atoms with E-state index < -0.39 is 0 Å². The molecule has 2 aliphatic rings. The summed E-state index contributed by atoms with van der Waals surface area (Å²) in [6, 6.07) is 1.57. The fourth-order valence-electron chi connectivity index (χ4n) is 2.56. The molecule has 1 N–H and O–H groups in total. The Balaban J connectivity index is 1.87. The predicted molar refractivity (Wildman–Crippen MR) is 53.7 cm³/mol. The van der Waals surface area contributed by atoms with Gasteiger partial charge in [0.1, 0.15) is 0 Å². The number of hydrogen-bond acceptors (Lipinski definition) is 2. The lowest BCUT2D eigenvalue weighted by molar-refractivity contribution is 0.146. The van der Waals surface area contributed by atoms with Crippen molar-refractivity contribution in [3.63, 3.8) is 0 Å². The second-order valence-corrected chi connectivity index (χ2v) is 4.59. The van der Waals surface area contributed by atoms with E-state index in [1.165, 1.54) is 32.2 Å². The van der Waals surface area contributed by atoms with Crippen LogP contribution in [0.1, 0.15) is 45.4 Å². The lowest BCUT2D eigenvalue weighted by Crippen LogP contribution is -2.36. The van der Waals surface area contributed by atoms with Crippen LogP contribution in [0, 0.1) is 0 Å². The monoisotopic (exact) mass is 183 g/mol. The highest BCUT2D eigenvalue weighted by molar-refractivity contribution is 4.92. The van der Waals surface area contributed by atoms with Crippen LogP contribution in [0.15, 0.2) is 0 Å². The molecule has 0 aromatic carbocycles. The second kappa shape index (κ2) is 3.97. The number of aliphatic hydroxyl groups excluding tert-OH is 1. The van der Waals surface area contributed by atoms with Gasteiger partial charge in [0.2, 0.25) is 0 Å². The smallest absolute Gasteiger partial charge is 0.0555 e. The molecule has 76 valence electrons. The van der Waals surface area contributed by atoms with Crippen LogP contribution in [0.25, 0.3) is 0 Å². The maximum Gasteiger partial charge on any atom is 0.0555 e. The van der Waals surface area contributed by atoms with Crippen LogP contribution in [0.2, 0.25) is 0 Å². The zero-order valence-corrected chi connectivity index (χ0v) is 8.58. The van der Waals surface area contributed by atoms with E-state index in [9.17, 15) is 5.11 Å². The number of aliphatic hydroxyl groups is 1. The Hall–Kier alpha value is -0.0800. The minimum Gasteiger partial charge on any atom is -0.393 e. The molecule has 2 rings (SSSR count). The largest absolute Gasteiger partial charge is 0.393 e. The van der Waals surface area contributed by atoms with Crippen LogP contribution in [-0.4, -0.2) is 34.7 Å². The Kier molecular flexibility index (Phi) is 2.89. The molecule has 0 spiro atoms. The first-order chi connectivity index (χ1) is 6.31. The van der Waals surface area contributed by atoms with Gasteiger partial charge in [-0.15, -0.1) is 0 Å². The van der Waals surface area contributed by atoms with Crippen LogP contribution in [0.5, 0.6) is 0 Å². The molecule has 0 radical (unpaired) electrons. The molecule has 0 aromatic rings. The molecule has 2 saturated carbocycles. The fourth-order valence-corrected chi connectivity index (χ4v) is 2.56. The van der Waals surface area contributed by atoms with E-state index in [1.54, 1.807) is 0 Å². The Morgan fingerprint density at radius 3 is 2.31 bits per heavy atom. The lowest BCUT2D eigenvalue weighted by atomic mass is 10.2. The van der Waals surface area contributed by atoms with Crippen molar-refractivity contribution in [2.75, 3.05) is 6.54 Å². The van der Waals surface area contributed by atoms with E-state index in [1.807, 2.05) is 0 Å². The van der Waals surface area contributed by atoms with Crippen molar-refractivity contribution < 1.29 is 5.11 Å². The first kappa shape index (κ1) is 9.47. The third kappa shape index (κ3) is 2.23. The summed E-state index contributed by atoms with van der Waals surface area (Å²) in [5, 5.41) is 9.49. The van der Waals surface area contributed by atoms with Crippen molar-refractivity contribution in [2.24, 2.45) is 0 Å². The van der Waals surface area contributed by atoms with Crippen LogP contribution in [0.4, 0.5) is 0 Å². The van der Waals surface area contributed by atoms with Crippen molar-refractivity contribution >= 4 is 0 Å². The van der Waals surface area contributed by atoms with E-state index in [-0.39, 0.29) is 6.10 Å². The van der Waals surface area contributed by atoms with Gasteiger partial charge >= 0.3 is 0 Å². The molecule has 2 unspecified atom stereocenters.